The first-order valence-corrected chi connectivity index (χ1v) is 2.96. The minimum Gasteiger partial charge on any atom is -0.267 e. The normalized spacial score (nSPS) is 20.7. The second kappa shape index (κ2) is 1.85. The van der Waals surface area contributed by atoms with Crippen LogP contribution in [0, 0.1) is 0 Å². The van der Waals surface area contributed by atoms with Crippen LogP contribution >= 0.6 is 0 Å². The van der Waals surface area contributed by atoms with Crippen LogP contribution in [-0.4, -0.2) is 23.2 Å². The minimum atomic E-state index is -0.420. The third-order valence-electron chi connectivity index (χ3n) is 1.34. The summed E-state index contributed by atoms with van der Waals surface area (Å²) in [5.74, 6) is -0.839. The number of nitrogens with zero attached hydrogens (tertiary/aromatic N) is 2. The molecule has 11 heavy (non-hydrogen) atoms. The van der Waals surface area contributed by atoms with Crippen LogP contribution in [0.2, 0.25) is 0 Å². The van der Waals surface area contributed by atoms with Crippen molar-refractivity contribution >= 4 is 23.2 Å². The van der Waals surface area contributed by atoms with Crippen molar-refractivity contribution in [3.63, 3.8) is 0 Å². The van der Waals surface area contributed by atoms with Crippen molar-refractivity contribution in [3.8, 4) is 0 Å². The highest BCUT2D eigenvalue weighted by Gasteiger charge is 2.25. The first-order chi connectivity index (χ1) is 5.27. The third kappa shape index (κ3) is 0.778. The molecule has 0 bridgehead atoms. The molecule has 2 heterocycles. The molecule has 2 amide bonds. The average molecular weight is 149 g/mol. The van der Waals surface area contributed by atoms with Gasteiger partial charge in [0.25, 0.3) is 11.8 Å². The number of rotatable bonds is 0. The zero-order chi connectivity index (χ0) is 7.84. The Morgan fingerprint density at radius 3 is 2.91 bits per heavy atom. The summed E-state index contributed by atoms with van der Waals surface area (Å²) in [7, 11) is 0. The van der Waals surface area contributed by atoms with Crippen molar-refractivity contribution in [3.05, 3.63) is 12.2 Å². The summed E-state index contributed by atoms with van der Waals surface area (Å²) in [6.07, 6.45) is 2.73. The van der Waals surface area contributed by atoms with E-state index in [9.17, 15) is 9.59 Å². The summed E-state index contributed by atoms with van der Waals surface area (Å²) in [5.41, 5.74) is 2.73. The van der Waals surface area contributed by atoms with Crippen LogP contribution in [0.15, 0.2) is 22.2 Å². The highest BCUT2D eigenvalue weighted by atomic mass is 16.2. The lowest BCUT2D eigenvalue weighted by molar-refractivity contribution is -0.116. The molecular weight excluding hydrogens is 146 g/mol. The predicted octanol–water partition coefficient (Wildman–Crippen LogP) is -0.990. The van der Waals surface area contributed by atoms with E-state index in [2.05, 4.69) is 15.5 Å². The fraction of sp³-hybridized carbons (Fsp3) is 0. The lowest BCUT2D eigenvalue weighted by Gasteiger charge is -1.96. The van der Waals surface area contributed by atoms with Gasteiger partial charge in [-0.3, -0.25) is 9.59 Å². The summed E-state index contributed by atoms with van der Waals surface area (Å²) in [5, 5.41) is 3.62. The van der Waals surface area contributed by atoms with E-state index in [0.717, 1.165) is 0 Å². The van der Waals surface area contributed by atoms with Crippen molar-refractivity contribution in [2.75, 3.05) is 0 Å². The molecule has 0 fully saturated rings. The van der Waals surface area contributed by atoms with Gasteiger partial charge in [-0.2, -0.15) is 5.10 Å². The molecule has 0 aromatic carbocycles. The maximum absolute atomic E-state index is 10.8. The number of carbonyl (C=O) groups excluding carboxylic acids is 2. The second-order valence-electron chi connectivity index (χ2n) is 2.07. The van der Waals surface area contributed by atoms with Gasteiger partial charge < -0.3 is 0 Å². The summed E-state index contributed by atoms with van der Waals surface area (Å²) in [6.45, 7) is 0. The van der Waals surface area contributed by atoms with E-state index < -0.39 is 11.8 Å². The molecule has 0 aromatic rings. The van der Waals surface area contributed by atoms with E-state index >= 15 is 0 Å². The number of amides is 2. The lowest BCUT2D eigenvalue weighted by Crippen LogP contribution is -2.25. The molecule has 2 rings (SSSR count). The molecule has 2 aliphatic heterocycles. The number of fused-ring (bicyclic) bond motifs is 1. The number of hydrazone groups is 1. The van der Waals surface area contributed by atoms with Crippen LogP contribution in [-0.2, 0) is 9.59 Å². The zero-order valence-corrected chi connectivity index (χ0v) is 5.37. The Bertz CT molecular complexity index is 338. The van der Waals surface area contributed by atoms with Gasteiger partial charge in [-0.1, -0.05) is 0 Å². The number of aliphatic imine (C=N–C) groups is 1. The van der Waals surface area contributed by atoms with Gasteiger partial charge in [0.15, 0.2) is 5.71 Å². The number of dihydropyridines is 1. The summed E-state index contributed by atoms with van der Waals surface area (Å²) < 4.78 is 0. The van der Waals surface area contributed by atoms with Gasteiger partial charge in [-0.15, -0.1) is 0 Å². The van der Waals surface area contributed by atoms with E-state index in [1.165, 1.54) is 12.2 Å². The topological polar surface area (TPSA) is 70.9 Å². The van der Waals surface area contributed by atoms with Gasteiger partial charge in [0, 0.05) is 6.08 Å². The van der Waals surface area contributed by atoms with Gasteiger partial charge in [-0.05, 0) is 6.08 Å². The Morgan fingerprint density at radius 1 is 1.27 bits per heavy atom. The molecule has 0 spiro atoms. The number of allylic oxidation sites excluding steroid dienone is 1. The largest absolute Gasteiger partial charge is 0.292 e. The van der Waals surface area contributed by atoms with Gasteiger partial charge in [0.1, 0.15) is 5.71 Å². The van der Waals surface area contributed by atoms with Crippen LogP contribution in [0.1, 0.15) is 0 Å². The van der Waals surface area contributed by atoms with Gasteiger partial charge in [-0.25, -0.2) is 10.4 Å². The fourth-order valence-electron chi connectivity index (χ4n) is 0.855. The molecule has 1 N–H and O–H groups in total. The Morgan fingerprint density at radius 2 is 2.09 bits per heavy atom. The van der Waals surface area contributed by atoms with E-state index in [-0.39, 0.29) is 5.71 Å². The highest BCUT2D eigenvalue weighted by molar-refractivity contribution is 6.72. The SMILES string of the molecule is O=C1C=CC2=NNC(=O)C2=N1. The van der Waals surface area contributed by atoms with Gasteiger partial charge in [0.05, 0.1) is 0 Å². The molecule has 5 nitrogen and oxygen atoms in total. The van der Waals surface area contributed by atoms with Crippen molar-refractivity contribution in [1.82, 2.24) is 5.43 Å². The number of carbonyl (C=O) groups is 2. The summed E-state index contributed by atoms with van der Waals surface area (Å²) in [4.78, 5) is 24.9. The zero-order valence-electron chi connectivity index (χ0n) is 5.37. The van der Waals surface area contributed by atoms with Crippen molar-refractivity contribution in [2.45, 2.75) is 0 Å². The molecule has 5 heteroatoms. The minimum absolute atomic E-state index is 0.109. The number of hydrogen-bond donors (Lipinski definition) is 1. The Balaban J connectivity index is 2.50. The fourth-order valence-corrected chi connectivity index (χ4v) is 0.855. The molecule has 0 radical (unpaired) electrons. The molecule has 0 saturated carbocycles. The number of nitrogens with one attached hydrogen (secondary N) is 1. The first kappa shape index (κ1) is 5.96. The second-order valence-corrected chi connectivity index (χ2v) is 2.07. The van der Waals surface area contributed by atoms with Crippen molar-refractivity contribution in [1.29, 1.82) is 0 Å². The Labute approximate surface area is 61.5 Å². The lowest BCUT2D eigenvalue weighted by atomic mass is 10.2. The molecule has 0 unspecified atom stereocenters. The van der Waals surface area contributed by atoms with Gasteiger partial charge in [0.2, 0.25) is 0 Å². The quantitative estimate of drug-likeness (QED) is 0.480. The van der Waals surface area contributed by atoms with E-state index in [1.54, 1.807) is 0 Å². The smallest absolute Gasteiger partial charge is 0.267 e. The third-order valence-corrected chi connectivity index (χ3v) is 1.34. The molecule has 54 valence electrons. The standard InChI is InChI=1S/C6H3N3O2/c10-4-2-1-3-5(7-4)6(11)9-8-3/h1-2H,(H,9,11). The molecule has 2 aliphatic rings. The van der Waals surface area contributed by atoms with Crippen LogP contribution in [0.25, 0.3) is 0 Å². The van der Waals surface area contributed by atoms with Gasteiger partial charge >= 0.3 is 0 Å². The Hall–Kier alpha value is -1.78. The van der Waals surface area contributed by atoms with Crippen LogP contribution in [0.5, 0.6) is 0 Å². The Kier molecular flexibility index (Phi) is 1.00. The van der Waals surface area contributed by atoms with Crippen LogP contribution < -0.4 is 5.43 Å². The van der Waals surface area contributed by atoms with Crippen molar-refractivity contribution < 1.29 is 9.59 Å². The predicted molar refractivity (Wildman–Crippen MR) is 37.2 cm³/mol. The van der Waals surface area contributed by atoms with E-state index in [0.29, 0.717) is 5.71 Å². The highest BCUT2D eigenvalue weighted by Crippen LogP contribution is 2.01. The summed E-state index contributed by atoms with van der Waals surface area (Å²) in [6, 6.07) is 0. The average Bonchev–Trinajstić information content (AvgIpc) is 2.33. The molecule has 0 saturated heterocycles. The molecule has 0 aliphatic carbocycles. The number of hydrogen-bond acceptors (Lipinski definition) is 3. The van der Waals surface area contributed by atoms with Crippen LogP contribution in [0.4, 0.5) is 0 Å². The van der Waals surface area contributed by atoms with E-state index in [4.69, 9.17) is 0 Å². The molecular formula is C6H3N3O2. The maximum atomic E-state index is 10.8. The monoisotopic (exact) mass is 149 g/mol. The maximum Gasteiger partial charge on any atom is 0.292 e. The molecule has 0 atom stereocenters. The molecule has 0 aromatic heterocycles. The van der Waals surface area contributed by atoms with E-state index in [1.807, 2.05) is 0 Å². The van der Waals surface area contributed by atoms with Crippen LogP contribution in [0.3, 0.4) is 0 Å². The van der Waals surface area contributed by atoms with Crippen molar-refractivity contribution in [2.24, 2.45) is 10.1 Å². The summed E-state index contributed by atoms with van der Waals surface area (Å²) >= 11 is 0. The first-order valence-electron chi connectivity index (χ1n) is 2.96.